The first kappa shape index (κ1) is 18.3. The minimum atomic E-state index is -0.387. The predicted octanol–water partition coefficient (Wildman–Crippen LogP) is 5.08. The predicted molar refractivity (Wildman–Crippen MR) is 101 cm³/mol. The molecule has 3 nitrogen and oxygen atoms in total. The van der Waals surface area contributed by atoms with Gasteiger partial charge in [-0.25, -0.2) is 0 Å². The maximum absolute atomic E-state index is 11.2. The third-order valence-corrected chi connectivity index (χ3v) is 6.37. The lowest BCUT2D eigenvalue weighted by Gasteiger charge is -2.38. The minimum Gasteiger partial charge on any atom is -0.497 e. The summed E-state index contributed by atoms with van der Waals surface area (Å²) < 4.78 is 11.1. The summed E-state index contributed by atoms with van der Waals surface area (Å²) in [5, 5.41) is 11.2. The molecular formula is C22H32O3. The first-order valence-corrected chi connectivity index (χ1v) is 9.51. The molecule has 1 aromatic rings. The second-order valence-electron chi connectivity index (χ2n) is 8.33. The standard InChI is InChI=1S/C22H32O3/c1-14-8-10-18-16(7-6-12-22(18,2)3)20(21(14)23)17-13-15(24-4)9-11-19(17)25-5/h9,11,13-14,20-21,23H,6-8,10,12H2,1-5H3. The zero-order valence-electron chi connectivity index (χ0n) is 16.3. The summed E-state index contributed by atoms with van der Waals surface area (Å²) in [4.78, 5) is 0. The Labute approximate surface area is 152 Å². The lowest BCUT2D eigenvalue weighted by molar-refractivity contribution is 0.0963. The zero-order valence-corrected chi connectivity index (χ0v) is 16.3. The molecule has 0 aromatic heterocycles. The topological polar surface area (TPSA) is 38.7 Å². The van der Waals surface area contributed by atoms with Crippen molar-refractivity contribution in [1.29, 1.82) is 0 Å². The molecule has 1 aromatic carbocycles. The fourth-order valence-electron chi connectivity index (χ4n) is 4.83. The molecule has 2 aliphatic carbocycles. The number of ether oxygens (including phenoxy) is 2. The Morgan fingerprint density at radius 3 is 2.56 bits per heavy atom. The van der Waals surface area contributed by atoms with Gasteiger partial charge in [0.05, 0.1) is 20.3 Å². The van der Waals surface area contributed by atoms with E-state index in [4.69, 9.17) is 9.47 Å². The SMILES string of the molecule is COc1ccc(OC)c(C2C3=C(CCC(C)C2O)C(C)(C)CCC3)c1. The fourth-order valence-corrected chi connectivity index (χ4v) is 4.83. The molecule has 3 heteroatoms. The van der Waals surface area contributed by atoms with Crippen molar-refractivity contribution >= 4 is 0 Å². The fraction of sp³-hybridized carbons (Fsp3) is 0.636. The van der Waals surface area contributed by atoms with Gasteiger partial charge in [-0.2, -0.15) is 0 Å². The average Bonchev–Trinajstić information content (AvgIpc) is 2.72. The van der Waals surface area contributed by atoms with Crippen molar-refractivity contribution in [3.05, 3.63) is 34.9 Å². The molecule has 1 N–H and O–H groups in total. The van der Waals surface area contributed by atoms with Crippen molar-refractivity contribution in [2.24, 2.45) is 11.3 Å². The van der Waals surface area contributed by atoms with Crippen LogP contribution in [0.4, 0.5) is 0 Å². The van der Waals surface area contributed by atoms with Crippen LogP contribution in [0, 0.1) is 11.3 Å². The van der Waals surface area contributed by atoms with E-state index in [0.717, 1.165) is 36.3 Å². The highest BCUT2D eigenvalue weighted by atomic mass is 16.5. The van der Waals surface area contributed by atoms with Gasteiger partial charge in [0.2, 0.25) is 0 Å². The molecule has 0 aliphatic heterocycles. The number of allylic oxidation sites excluding steroid dienone is 1. The third kappa shape index (κ3) is 3.31. The second kappa shape index (κ2) is 7.03. The monoisotopic (exact) mass is 344 g/mol. The van der Waals surface area contributed by atoms with Crippen LogP contribution in [0.3, 0.4) is 0 Å². The van der Waals surface area contributed by atoms with Gasteiger partial charge in [0.1, 0.15) is 11.5 Å². The Morgan fingerprint density at radius 1 is 1.12 bits per heavy atom. The largest absolute Gasteiger partial charge is 0.497 e. The van der Waals surface area contributed by atoms with Crippen molar-refractivity contribution in [2.75, 3.05) is 14.2 Å². The number of hydrogen-bond donors (Lipinski definition) is 1. The summed E-state index contributed by atoms with van der Waals surface area (Å²) in [6.07, 6.45) is 5.26. The molecule has 3 rings (SSSR count). The summed E-state index contributed by atoms with van der Waals surface area (Å²) in [6, 6.07) is 5.94. The van der Waals surface area contributed by atoms with Crippen molar-refractivity contribution in [1.82, 2.24) is 0 Å². The molecule has 0 heterocycles. The maximum Gasteiger partial charge on any atom is 0.123 e. The Bertz CT molecular complexity index is 659. The lowest BCUT2D eigenvalue weighted by atomic mass is 9.68. The summed E-state index contributed by atoms with van der Waals surface area (Å²) in [5.41, 5.74) is 4.30. The summed E-state index contributed by atoms with van der Waals surface area (Å²) in [5.74, 6) is 1.92. The van der Waals surface area contributed by atoms with E-state index in [-0.39, 0.29) is 23.4 Å². The lowest BCUT2D eigenvalue weighted by Crippen LogP contribution is -2.29. The molecule has 0 radical (unpaired) electrons. The van der Waals surface area contributed by atoms with Crippen LogP contribution in [0.1, 0.15) is 64.4 Å². The summed E-state index contributed by atoms with van der Waals surface area (Å²) in [7, 11) is 3.39. The molecule has 0 spiro atoms. The molecule has 0 fully saturated rings. The molecule has 2 aliphatic rings. The molecule has 3 atom stereocenters. The van der Waals surface area contributed by atoms with Crippen LogP contribution in [-0.4, -0.2) is 25.4 Å². The van der Waals surface area contributed by atoms with Gasteiger partial charge >= 0.3 is 0 Å². The van der Waals surface area contributed by atoms with Crippen LogP contribution < -0.4 is 9.47 Å². The van der Waals surface area contributed by atoms with E-state index >= 15 is 0 Å². The minimum absolute atomic E-state index is 0.00266. The van der Waals surface area contributed by atoms with E-state index in [9.17, 15) is 5.11 Å². The summed E-state index contributed by atoms with van der Waals surface area (Å²) >= 11 is 0. The highest BCUT2D eigenvalue weighted by Gasteiger charge is 2.40. The summed E-state index contributed by atoms with van der Waals surface area (Å²) in [6.45, 7) is 6.91. The first-order chi connectivity index (χ1) is 11.9. The van der Waals surface area contributed by atoms with E-state index in [1.54, 1.807) is 19.8 Å². The number of methoxy groups -OCH3 is 2. The molecule has 0 saturated heterocycles. The van der Waals surface area contributed by atoms with Crippen LogP contribution in [0.25, 0.3) is 0 Å². The molecule has 138 valence electrons. The molecule has 0 bridgehead atoms. The van der Waals surface area contributed by atoms with Crippen molar-refractivity contribution in [3.8, 4) is 11.5 Å². The molecule has 3 unspecified atom stereocenters. The van der Waals surface area contributed by atoms with E-state index in [1.807, 2.05) is 12.1 Å². The number of benzene rings is 1. The van der Waals surface area contributed by atoms with Gasteiger partial charge in [-0.3, -0.25) is 0 Å². The zero-order chi connectivity index (χ0) is 18.2. The third-order valence-electron chi connectivity index (χ3n) is 6.37. The van der Waals surface area contributed by atoms with Gasteiger partial charge < -0.3 is 14.6 Å². The van der Waals surface area contributed by atoms with E-state index in [0.29, 0.717) is 0 Å². The first-order valence-electron chi connectivity index (χ1n) is 9.51. The van der Waals surface area contributed by atoms with E-state index in [1.165, 1.54) is 18.4 Å². The van der Waals surface area contributed by atoms with Crippen LogP contribution in [-0.2, 0) is 0 Å². The molecular weight excluding hydrogens is 312 g/mol. The van der Waals surface area contributed by atoms with Gasteiger partial charge in [-0.05, 0) is 61.6 Å². The van der Waals surface area contributed by atoms with Gasteiger partial charge in [0.25, 0.3) is 0 Å². The molecule has 25 heavy (non-hydrogen) atoms. The quantitative estimate of drug-likeness (QED) is 0.777. The Morgan fingerprint density at radius 2 is 1.88 bits per heavy atom. The van der Waals surface area contributed by atoms with E-state index < -0.39 is 0 Å². The Balaban J connectivity index is 2.19. The van der Waals surface area contributed by atoms with Crippen LogP contribution in [0.15, 0.2) is 29.3 Å². The van der Waals surface area contributed by atoms with Crippen LogP contribution in [0.2, 0.25) is 0 Å². The van der Waals surface area contributed by atoms with Crippen molar-refractivity contribution in [3.63, 3.8) is 0 Å². The second-order valence-corrected chi connectivity index (χ2v) is 8.33. The number of rotatable bonds is 3. The average molecular weight is 344 g/mol. The Hall–Kier alpha value is -1.48. The molecule has 0 saturated carbocycles. The van der Waals surface area contributed by atoms with Gasteiger partial charge in [0.15, 0.2) is 0 Å². The normalized spacial score (nSPS) is 29.0. The number of aliphatic hydroxyl groups excluding tert-OH is 1. The Kier molecular flexibility index (Phi) is 5.15. The van der Waals surface area contributed by atoms with E-state index in [2.05, 4.69) is 26.8 Å². The highest BCUT2D eigenvalue weighted by molar-refractivity contribution is 5.48. The highest BCUT2D eigenvalue weighted by Crippen LogP contribution is 2.52. The van der Waals surface area contributed by atoms with Crippen molar-refractivity contribution < 1.29 is 14.6 Å². The van der Waals surface area contributed by atoms with Gasteiger partial charge in [0, 0.05) is 11.5 Å². The van der Waals surface area contributed by atoms with Crippen molar-refractivity contribution in [2.45, 2.75) is 64.9 Å². The number of aliphatic hydroxyl groups is 1. The van der Waals surface area contributed by atoms with Crippen LogP contribution in [0.5, 0.6) is 11.5 Å². The van der Waals surface area contributed by atoms with Crippen LogP contribution >= 0.6 is 0 Å². The maximum atomic E-state index is 11.2. The smallest absolute Gasteiger partial charge is 0.123 e. The van der Waals surface area contributed by atoms with Gasteiger partial charge in [-0.1, -0.05) is 31.9 Å². The van der Waals surface area contributed by atoms with Gasteiger partial charge in [-0.15, -0.1) is 0 Å². The number of hydrogen-bond acceptors (Lipinski definition) is 3. The molecule has 0 amide bonds.